The Labute approximate surface area is 170 Å². The Hall–Kier alpha value is -1.44. The second kappa shape index (κ2) is 10.4. The van der Waals surface area contributed by atoms with Gasteiger partial charge in [-0.05, 0) is 43.4 Å². The second-order valence-corrected chi connectivity index (χ2v) is 9.63. The summed E-state index contributed by atoms with van der Waals surface area (Å²) in [5, 5.41) is 6.38. The topological polar surface area (TPSA) is 78.5 Å². The van der Waals surface area contributed by atoms with E-state index >= 15 is 0 Å². The Morgan fingerprint density at radius 2 is 1.75 bits per heavy atom. The Morgan fingerprint density at radius 1 is 1.14 bits per heavy atom. The van der Waals surface area contributed by atoms with Gasteiger partial charge in [-0.1, -0.05) is 45.7 Å². The molecule has 1 aromatic carbocycles. The van der Waals surface area contributed by atoms with E-state index in [2.05, 4.69) is 17.6 Å². The van der Waals surface area contributed by atoms with Gasteiger partial charge in [-0.25, -0.2) is 8.42 Å². The molecule has 0 spiro atoms. The highest BCUT2D eigenvalue weighted by atomic mass is 32.2. The molecule has 0 heterocycles. The molecule has 0 radical (unpaired) electrons. The van der Waals surface area contributed by atoms with Crippen molar-refractivity contribution >= 4 is 15.9 Å². The third-order valence-electron chi connectivity index (χ3n) is 5.75. The molecule has 1 aliphatic carbocycles. The van der Waals surface area contributed by atoms with Crippen molar-refractivity contribution in [2.24, 2.45) is 5.92 Å². The summed E-state index contributed by atoms with van der Waals surface area (Å²) in [6, 6.07) is 7.16. The molecule has 0 aromatic heterocycles. The third kappa shape index (κ3) is 5.78. The number of nitrogens with one attached hydrogen (secondary N) is 2. The molecule has 6 nitrogen and oxygen atoms in total. The number of amides is 1. The summed E-state index contributed by atoms with van der Waals surface area (Å²) < 4.78 is 26.6. The summed E-state index contributed by atoms with van der Waals surface area (Å²) in [6.45, 7) is 9.00. The summed E-state index contributed by atoms with van der Waals surface area (Å²) in [7, 11) is -3.44. The average molecular weight is 410 g/mol. The Bertz CT molecular complexity index is 730. The molecule has 2 rings (SSSR count). The van der Waals surface area contributed by atoms with Crippen molar-refractivity contribution < 1.29 is 13.2 Å². The number of hydrogen-bond acceptors (Lipinski definition) is 4. The van der Waals surface area contributed by atoms with Crippen LogP contribution in [0.15, 0.2) is 29.2 Å². The fourth-order valence-electron chi connectivity index (χ4n) is 3.79. The first-order valence-corrected chi connectivity index (χ1v) is 11.9. The van der Waals surface area contributed by atoms with Crippen molar-refractivity contribution in [2.45, 2.75) is 70.4 Å². The summed E-state index contributed by atoms with van der Waals surface area (Å²) in [6.07, 6.45) is 4.67. The lowest BCUT2D eigenvalue weighted by atomic mass is 9.86. The lowest BCUT2D eigenvalue weighted by molar-refractivity contribution is -0.121. The number of carbonyl (C=O) groups excluding carboxylic acids is 1. The summed E-state index contributed by atoms with van der Waals surface area (Å²) in [5.41, 5.74) is 0.956. The number of rotatable bonds is 9. The maximum absolute atomic E-state index is 12.6. The normalized spacial score (nSPS) is 21.5. The number of hydrogen-bond donors (Lipinski definition) is 2. The van der Waals surface area contributed by atoms with Gasteiger partial charge in [0.15, 0.2) is 0 Å². The highest BCUT2D eigenvalue weighted by molar-refractivity contribution is 7.89. The zero-order valence-electron chi connectivity index (χ0n) is 17.6. The van der Waals surface area contributed by atoms with Crippen molar-refractivity contribution in [3.8, 4) is 0 Å². The molecule has 2 N–H and O–H groups in total. The quantitative estimate of drug-likeness (QED) is 0.657. The molecule has 28 heavy (non-hydrogen) atoms. The highest BCUT2D eigenvalue weighted by Crippen LogP contribution is 2.23. The molecule has 7 heteroatoms. The van der Waals surface area contributed by atoms with Gasteiger partial charge in [0.25, 0.3) is 0 Å². The molecule has 0 saturated heterocycles. The van der Waals surface area contributed by atoms with Crippen LogP contribution in [0.1, 0.15) is 65.0 Å². The molecule has 0 bridgehead atoms. The van der Waals surface area contributed by atoms with Crippen molar-refractivity contribution in [1.82, 2.24) is 14.9 Å². The van der Waals surface area contributed by atoms with E-state index < -0.39 is 10.0 Å². The van der Waals surface area contributed by atoms with E-state index in [0.29, 0.717) is 23.9 Å². The van der Waals surface area contributed by atoms with Crippen LogP contribution >= 0.6 is 0 Å². The second-order valence-electron chi connectivity index (χ2n) is 7.70. The molecule has 1 amide bonds. The molecule has 1 aliphatic rings. The van der Waals surface area contributed by atoms with E-state index in [4.69, 9.17) is 0 Å². The minimum atomic E-state index is -3.44. The third-order valence-corrected chi connectivity index (χ3v) is 7.81. The molecule has 3 atom stereocenters. The Balaban J connectivity index is 1.90. The lowest BCUT2D eigenvalue weighted by Crippen LogP contribution is -2.45. The number of sulfonamides is 1. The van der Waals surface area contributed by atoms with Crippen LogP contribution in [0, 0.1) is 5.92 Å². The van der Waals surface area contributed by atoms with Crippen LogP contribution in [-0.4, -0.2) is 44.3 Å². The Morgan fingerprint density at radius 3 is 2.32 bits per heavy atom. The van der Waals surface area contributed by atoms with Crippen LogP contribution in [0.3, 0.4) is 0 Å². The fourth-order valence-corrected chi connectivity index (χ4v) is 5.25. The molecule has 1 aromatic rings. The van der Waals surface area contributed by atoms with E-state index in [1.165, 1.54) is 23.6 Å². The van der Waals surface area contributed by atoms with Gasteiger partial charge in [-0.2, -0.15) is 4.31 Å². The maximum atomic E-state index is 12.6. The summed E-state index contributed by atoms with van der Waals surface area (Å²) in [5.74, 6) is 0.557. The van der Waals surface area contributed by atoms with Crippen LogP contribution in [0.5, 0.6) is 0 Å². The SMILES string of the molecule is CCN(CC)S(=O)(=O)c1ccc([C@@H](C)NCC(=O)N[C@H]2CCCC[C@@H]2C)cc1. The maximum Gasteiger partial charge on any atom is 0.243 e. The molecular weight excluding hydrogens is 374 g/mol. The van der Waals surface area contributed by atoms with E-state index in [-0.39, 0.29) is 24.5 Å². The zero-order valence-corrected chi connectivity index (χ0v) is 18.4. The Kier molecular flexibility index (Phi) is 8.46. The zero-order chi connectivity index (χ0) is 20.7. The summed E-state index contributed by atoms with van der Waals surface area (Å²) >= 11 is 0. The van der Waals surface area contributed by atoms with Crippen molar-refractivity contribution in [3.05, 3.63) is 29.8 Å². The van der Waals surface area contributed by atoms with Gasteiger partial charge in [0.05, 0.1) is 11.4 Å². The van der Waals surface area contributed by atoms with Gasteiger partial charge in [-0.3, -0.25) is 4.79 Å². The van der Waals surface area contributed by atoms with E-state index in [9.17, 15) is 13.2 Å². The average Bonchev–Trinajstić information content (AvgIpc) is 2.68. The monoisotopic (exact) mass is 409 g/mol. The van der Waals surface area contributed by atoms with E-state index in [1.807, 2.05) is 32.9 Å². The van der Waals surface area contributed by atoms with Crippen molar-refractivity contribution in [2.75, 3.05) is 19.6 Å². The predicted octanol–water partition coefficient (Wildman–Crippen LogP) is 3.06. The number of carbonyl (C=O) groups is 1. The minimum Gasteiger partial charge on any atom is -0.352 e. The van der Waals surface area contributed by atoms with E-state index in [0.717, 1.165) is 12.0 Å². The van der Waals surface area contributed by atoms with Crippen molar-refractivity contribution in [1.29, 1.82) is 0 Å². The first-order valence-electron chi connectivity index (χ1n) is 10.4. The van der Waals surface area contributed by atoms with Gasteiger partial charge in [0, 0.05) is 25.2 Å². The van der Waals surface area contributed by atoms with Gasteiger partial charge in [-0.15, -0.1) is 0 Å². The largest absolute Gasteiger partial charge is 0.352 e. The number of benzene rings is 1. The first kappa shape index (κ1) is 22.8. The highest BCUT2D eigenvalue weighted by Gasteiger charge is 2.23. The van der Waals surface area contributed by atoms with Crippen molar-refractivity contribution in [3.63, 3.8) is 0 Å². The lowest BCUT2D eigenvalue weighted by Gasteiger charge is -2.29. The minimum absolute atomic E-state index is 0.0198. The van der Waals surface area contributed by atoms with Crippen LogP contribution in [0.25, 0.3) is 0 Å². The van der Waals surface area contributed by atoms with Gasteiger partial charge >= 0.3 is 0 Å². The van der Waals surface area contributed by atoms with Gasteiger partial charge in [0.2, 0.25) is 15.9 Å². The van der Waals surface area contributed by atoms with Gasteiger partial charge in [0.1, 0.15) is 0 Å². The standard InChI is InChI=1S/C21H35N3O3S/c1-5-24(6-2)28(26,27)19-13-11-18(12-14-19)17(4)22-15-21(25)23-20-10-8-7-9-16(20)3/h11-14,16-17,20,22H,5-10,15H2,1-4H3,(H,23,25)/t16-,17+,20-/m0/s1. The molecule has 158 valence electrons. The molecule has 1 fully saturated rings. The predicted molar refractivity (Wildman–Crippen MR) is 113 cm³/mol. The van der Waals surface area contributed by atoms with E-state index in [1.54, 1.807) is 12.1 Å². The van der Waals surface area contributed by atoms with Crippen LogP contribution in [0.4, 0.5) is 0 Å². The summed E-state index contributed by atoms with van der Waals surface area (Å²) in [4.78, 5) is 12.6. The molecular formula is C21H35N3O3S. The number of nitrogens with zero attached hydrogens (tertiary/aromatic N) is 1. The van der Waals surface area contributed by atoms with Gasteiger partial charge < -0.3 is 10.6 Å². The smallest absolute Gasteiger partial charge is 0.243 e. The van der Waals surface area contributed by atoms with Crippen LogP contribution < -0.4 is 10.6 Å². The molecule has 0 aliphatic heterocycles. The fraction of sp³-hybridized carbons (Fsp3) is 0.667. The molecule has 0 unspecified atom stereocenters. The first-order chi connectivity index (χ1) is 13.3. The molecule has 1 saturated carbocycles. The van der Waals surface area contributed by atoms with Crippen LogP contribution in [-0.2, 0) is 14.8 Å². The van der Waals surface area contributed by atoms with Crippen LogP contribution in [0.2, 0.25) is 0 Å².